The molecule has 0 saturated heterocycles. The van der Waals surface area contributed by atoms with Gasteiger partial charge in [-0.15, -0.1) is 11.3 Å². The van der Waals surface area contributed by atoms with Gasteiger partial charge in [0.15, 0.2) is 0 Å². The number of allylic oxidation sites excluding steroid dienone is 2. The third kappa shape index (κ3) is 3.00. The van der Waals surface area contributed by atoms with Crippen molar-refractivity contribution in [1.29, 1.82) is 0 Å². The zero-order valence-electron chi connectivity index (χ0n) is 12.0. The molecular weight excluding hydrogens is 266 g/mol. The molecule has 0 aromatic carbocycles. The fourth-order valence-electron chi connectivity index (χ4n) is 2.62. The SMILES string of the molecule is C=C/C=C(\C(=C)CC)C(C=O)N1CCc2sccc2C1. The Morgan fingerprint density at radius 2 is 2.40 bits per heavy atom. The number of carbonyl (C=O) groups excluding carboxylic acids is 1. The molecule has 0 aliphatic carbocycles. The standard InChI is InChI=1S/C17H21NOS/c1-4-6-15(13(3)5-2)16(12-19)18-9-7-17-14(11-18)8-10-20-17/h4,6,8,10,12,16H,1,3,5,7,9,11H2,2H3/b15-6+. The molecule has 0 radical (unpaired) electrons. The van der Waals surface area contributed by atoms with Gasteiger partial charge >= 0.3 is 0 Å². The molecule has 20 heavy (non-hydrogen) atoms. The lowest BCUT2D eigenvalue weighted by molar-refractivity contribution is -0.111. The van der Waals surface area contributed by atoms with E-state index < -0.39 is 0 Å². The smallest absolute Gasteiger partial charge is 0.141 e. The molecule has 1 atom stereocenters. The highest BCUT2D eigenvalue weighted by Crippen LogP contribution is 2.28. The van der Waals surface area contributed by atoms with Crippen LogP contribution in [0.25, 0.3) is 0 Å². The zero-order valence-corrected chi connectivity index (χ0v) is 12.8. The van der Waals surface area contributed by atoms with Gasteiger partial charge in [0.05, 0.1) is 6.04 Å². The normalized spacial score (nSPS) is 17.4. The van der Waals surface area contributed by atoms with E-state index in [-0.39, 0.29) is 6.04 Å². The Morgan fingerprint density at radius 3 is 3.05 bits per heavy atom. The van der Waals surface area contributed by atoms with Gasteiger partial charge in [0.1, 0.15) is 6.29 Å². The van der Waals surface area contributed by atoms with Gasteiger partial charge in [-0.2, -0.15) is 0 Å². The summed E-state index contributed by atoms with van der Waals surface area (Å²) in [7, 11) is 0. The summed E-state index contributed by atoms with van der Waals surface area (Å²) in [5.41, 5.74) is 3.36. The van der Waals surface area contributed by atoms with E-state index in [2.05, 4.69) is 36.4 Å². The highest BCUT2D eigenvalue weighted by Gasteiger charge is 2.26. The Bertz CT molecular complexity index is 541. The fourth-order valence-corrected chi connectivity index (χ4v) is 3.51. The van der Waals surface area contributed by atoms with Crippen LogP contribution in [0.3, 0.4) is 0 Å². The lowest BCUT2D eigenvalue weighted by Crippen LogP contribution is -2.41. The van der Waals surface area contributed by atoms with Gasteiger partial charge in [0.2, 0.25) is 0 Å². The molecule has 3 heteroatoms. The second kappa shape index (κ2) is 6.82. The van der Waals surface area contributed by atoms with E-state index in [1.165, 1.54) is 10.4 Å². The van der Waals surface area contributed by atoms with Crippen LogP contribution in [0.4, 0.5) is 0 Å². The minimum atomic E-state index is -0.214. The summed E-state index contributed by atoms with van der Waals surface area (Å²) in [4.78, 5) is 15.3. The van der Waals surface area contributed by atoms with Crippen LogP contribution in [-0.4, -0.2) is 23.8 Å². The summed E-state index contributed by atoms with van der Waals surface area (Å²) in [6.45, 7) is 11.7. The number of rotatable bonds is 6. The maximum Gasteiger partial charge on any atom is 0.141 e. The Kier molecular flexibility index (Phi) is 5.10. The third-order valence-electron chi connectivity index (χ3n) is 3.81. The first-order valence-electron chi connectivity index (χ1n) is 6.96. The summed E-state index contributed by atoms with van der Waals surface area (Å²) in [6, 6.07) is 1.95. The van der Waals surface area contributed by atoms with Crippen molar-refractivity contribution < 1.29 is 4.79 Å². The predicted octanol–water partition coefficient (Wildman–Crippen LogP) is 3.75. The van der Waals surface area contributed by atoms with Gasteiger partial charge in [0.25, 0.3) is 0 Å². The molecule has 0 N–H and O–H groups in total. The lowest BCUT2D eigenvalue weighted by Gasteiger charge is -2.33. The summed E-state index contributed by atoms with van der Waals surface area (Å²) >= 11 is 1.81. The molecule has 2 heterocycles. The zero-order chi connectivity index (χ0) is 14.5. The number of aldehydes is 1. The minimum Gasteiger partial charge on any atom is -0.301 e. The number of hydrogen-bond donors (Lipinski definition) is 0. The Balaban J connectivity index is 2.24. The second-order valence-corrected chi connectivity index (χ2v) is 5.99. The first-order chi connectivity index (χ1) is 9.71. The first kappa shape index (κ1) is 14.9. The van der Waals surface area contributed by atoms with Crippen molar-refractivity contribution in [2.45, 2.75) is 32.4 Å². The van der Waals surface area contributed by atoms with Crippen molar-refractivity contribution in [3.05, 3.63) is 58.3 Å². The quantitative estimate of drug-likeness (QED) is 0.586. The van der Waals surface area contributed by atoms with E-state index in [0.29, 0.717) is 0 Å². The molecule has 0 spiro atoms. The molecular formula is C17H21NOS. The van der Waals surface area contributed by atoms with Gasteiger partial charge in [-0.25, -0.2) is 0 Å². The summed E-state index contributed by atoms with van der Waals surface area (Å²) in [6.07, 6.45) is 6.58. The Hall–Kier alpha value is -1.45. The van der Waals surface area contributed by atoms with Gasteiger partial charge in [-0.1, -0.05) is 37.8 Å². The Morgan fingerprint density at radius 1 is 1.60 bits per heavy atom. The van der Waals surface area contributed by atoms with Gasteiger partial charge in [0, 0.05) is 18.0 Å². The summed E-state index contributed by atoms with van der Waals surface area (Å²) < 4.78 is 0. The van der Waals surface area contributed by atoms with E-state index in [1.807, 2.05) is 17.4 Å². The maximum absolute atomic E-state index is 11.6. The highest BCUT2D eigenvalue weighted by atomic mass is 32.1. The van der Waals surface area contributed by atoms with Crippen molar-refractivity contribution >= 4 is 17.6 Å². The molecule has 106 valence electrons. The topological polar surface area (TPSA) is 20.3 Å². The molecule has 2 rings (SSSR count). The van der Waals surface area contributed by atoms with Gasteiger partial charge in [-0.05, 0) is 35.4 Å². The summed E-state index contributed by atoms with van der Waals surface area (Å²) in [5, 5.41) is 2.13. The van der Waals surface area contributed by atoms with Crippen molar-refractivity contribution in [1.82, 2.24) is 4.90 Å². The maximum atomic E-state index is 11.6. The molecule has 1 unspecified atom stereocenters. The van der Waals surface area contributed by atoms with E-state index in [9.17, 15) is 4.79 Å². The first-order valence-corrected chi connectivity index (χ1v) is 7.84. The van der Waals surface area contributed by atoms with Crippen molar-refractivity contribution in [3.8, 4) is 0 Å². The summed E-state index contributed by atoms with van der Waals surface area (Å²) in [5.74, 6) is 0. The molecule has 1 aliphatic rings. The van der Waals surface area contributed by atoms with Crippen LogP contribution in [0.2, 0.25) is 0 Å². The molecule has 1 aromatic rings. The minimum absolute atomic E-state index is 0.214. The van der Waals surface area contributed by atoms with Crippen LogP contribution in [0.15, 0.2) is 47.9 Å². The van der Waals surface area contributed by atoms with Gasteiger partial charge in [-0.3, -0.25) is 4.90 Å². The monoisotopic (exact) mass is 287 g/mol. The van der Waals surface area contributed by atoms with E-state index in [4.69, 9.17) is 0 Å². The number of thiophene rings is 1. The fraction of sp³-hybridized carbons (Fsp3) is 0.353. The number of nitrogens with zero attached hydrogens (tertiary/aromatic N) is 1. The number of carbonyl (C=O) groups is 1. The second-order valence-electron chi connectivity index (χ2n) is 4.99. The number of hydrogen-bond acceptors (Lipinski definition) is 3. The molecule has 1 aliphatic heterocycles. The third-order valence-corrected chi connectivity index (χ3v) is 4.83. The van der Waals surface area contributed by atoms with Crippen LogP contribution >= 0.6 is 11.3 Å². The molecule has 2 nitrogen and oxygen atoms in total. The van der Waals surface area contributed by atoms with Gasteiger partial charge < -0.3 is 4.79 Å². The van der Waals surface area contributed by atoms with Crippen LogP contribution in [-0.2, 0) is 17.8 Å². The van der Waals surface area contributed by atoms with Crippen molar-refractivity contribution in [2.24, 2.45) is 0 Å². The van der Waals surface area contributed by atoms with Crippen LogP contribution in [0, 0.1) is 0 Å². The number of fused-ring (bicyclic) bond motifs is 1. The lowest BCUT2D eigenvalue weighted by atomic mass is 9.95. The highest BCUT2D eigenvalue weighted by molar-refractivity contribution is 7.10. The van der Waals surface area contributed by atoms with E-state index >= 15 is 0 Å². The van der Waals surface area contributed by atoms with E-state index in [0.717, 1.165) is 43.4 Å². The van der Waals surface area contributed by atoms with Crippen LogP contribution in [0.1, 0.15) is 23.8 Å². The van der Waals surface area contributed by atoms with Crippen molar-refractivity contribution in [3.63, 3.8) is 0 Å². The van der Waals surface area contributed by atoms with Crippen LogP contribution < -0.4 is 0 Å². The largest absolute Gasteiger partial charge is 0.301 e. The molecule has 1 aromatic heterocycles. The molecule has 0 fully saturated rings. The van der Waals surface area contributed by atoms with Crippen LogP contribution in [0.5, 0.6) is 0 Å². The average molecular weight is 287 g/mol. The van der Waals surface area contributed by atoms with E-state index in [1.54, 1.807) is 6.08 Å². The average Bonchev–Trinajstić information content (AvgIpc) is 2.94. The van der Waals surface area contributed by atoms with Crippen molar-refractivity contribution in [2.75, 3.05) is 6.54 Å². The molecule has 0 saturated carbocycles. The molecule has 0 amide bonds. The molecule has 0 bridgehead atoms. The Labute approximate surface area is 125 Å². The predicted molar refractivity (Wildman–Crippen MR) is 86.0 cm³/mol.